The minimum absolute atomic E-state index is 0.236. The van der Waals surface area contributed by atoms with Gasteiger partial charge in [0.05, 0.1) is 6.07 Å². The van der Waals surface area contributed by atoms with Crippen LogP contribution < -0.4 is 5.32 Å². The molecule has 0 saturated carbocycles. The Morgan fingerprint density at radius 1 is 1.44 bits per heavy atom. The minimum atomic E-state index is -0.603. The molecule has 3 heteroatoms. The summed E-state index contributed by atoms with van der Waals surface area (Å²) >= 11 is 0. The summed E-state index contributed by atoms with van der Waals surface area (Å²) in [5, 5.41) is 11.4. The number of aryl methyl sites for hydroxylation is 2. The highest BCUT2D eigenvalue weighted by molar-refractivity contribution is 5.93. The molecule has 0 aliphatic heterocycles. The Morgan fingerprint density at radius 2 is 2.19 bits per heavy atom. The van der Waals surface area contributed by atoms with Crippen molar-refractivity contribution in [3.63, 3.8) is 0 Å². The molecule has 0 radical (unpaired) electrons. The van der Waals surface area contributed by atoms with Gasteiger partial charge < -0.3 is 5.32 Å². The van der Waals surface area contributed by atoms with Crippen LogP contribution in [0.2, 0.25) is 0 Å². The second-order valence-corrected chi connectivity index (χ2v) is 4.18. The molecular weight excluding hydrogens is 200 g/mol. The molecule has 0 spiro atoms. The van der Waals surface area contributed by atoms with Crippen molar-refractivity contribution in [2.24, 2.45) is 5.92 Å². The number of hydrogen-bond acceptors (Lipinski definition) is 2. The molecule has 16 heavy (non-hydrogen) atoms. The van der Waals surface area contributed by atoms with Gasteiger partial charge in [0.2, 0.25) is 5.91 Å². The van der Waals surface area contributed by atoms with E-state index in [1.165, 1.54) is 17.5 Å². The number of nitrogens with one attached hydrogen (secondary N) is 1. The van der Waals surface area contributed by atoms with Gasteiger partial charge in [-0.3, -0.25) is 4.79 Å². The second-order valence-electron chi connectivity index (χ2n) is 4.18. The number of amides is 1. The molecule has 0 saturated heterocycles. The van der Waals surface area contributed by atoms with Crippen molar-refractivity contribution in [1.82, 2.24) is 0 Å². The number of nitriles is 1. The Labute approximate surface area is 95.1 Å². The zero-order valence-electron chi connectivity index (χ0n) is 9.29. The molecule has 1 aliphatic carbocycles. The van der Waals surface area contributed by atoms with E-state index >= 15 is 0 Å². The number of benzene rings is 1. The maximum atomic E-state index is 11.5. The van der Waals surface area contributed by atoms with Crippen LogP contribution in [0.25, 0.3) is 0 Å². The predicted molar refractivity (Wildman–Crippen MR) is 61.9 cm³/mol. The third kappa shape index (κ3) is 2.06. The van der Waals surface area contributed by atoms with Crippen molar-refractivity contribution in [3.05, 3.63) is 29.3 Å². The van der Waals surface area contributed by atoms with Crippen molar-refractivity contribution < 1.29 is 4.79 Å². The number of nitrogens with zero attached hydrogens (tertiary/aromatic N) is 1. The highest BCUT2D eigenvalue weighted by atomic mass is 16.1. The Morgan fingerprint density at radius 3 is 2.94 bits per heavy atom. The summed E-state index contributed by atoms with van der Waals surface area (Å²) in [7, 11) is 0. The van der Waals surface area contributed by atoms with Crippen LogP contribution in [0.15, 0.2) is 18.2 Å². The largest absolute Gasteiger partial charge is 0.325 e. The van der Waals surface area contributed by atoms with Gasteiger partial charge in [-0.25, -0.2) is 0 Å². The van der Waals surface area contributed by atoms with Crippen LogP contribution in [0.5, 0.6) is 0 Å². The van der Waals surface area contributed by atoms with Crippen molar-refractivity contribution in [2.75, 3.05) is 5.32 Å². The zero-order valence-corrected chi connectivity index (χ0v) is 9.29. The summed E-state index contributed by atoms with van der Waals surface area (Å²) in [5.41, 5.74) is 3.50. The van der Waals surface area contributed by atoms with Crippen LogP contribution in [0, 0.1) is 17.2 Å². The molecule has 1 aromatic carbocycles. The molecule has 1 N–H and O–H groups in total. The van der Waals surface area contributed by atoms with E-state index in [1.54, 1.807) is 6.92 Å². The Bertz CT molecular complexity index is 459. The fourth-order valence-corrected chi connectivity index (χ4v) is 1.96. The first-order chi connectivity index (χ1) is 7.70. The highest BCUT2D eigenvalue weighted by Gasteiger charge is 2.14. The van der Waals surface area contributed by atoms with Crippen LogP contribution in [0.3, 0.4) is 0 Å². The molecule has 0 fully saturated rings. The minimum Gasteiger partial charge on any atom is -0.325 e. The number of hydrogen-bond donors (Lipinski definition) is 1. The van der Waals surface area contributed by atoms with Gasteiger partial charge >= 0.3 is 0 Å². The summed E-state index contributed by atoms with van der Waals surface area (Å²) in [4.78, 5) is 11.5. The molecule has 2 rings (SSSR count). The summed E-state index contributed by atoms with van der Waals surface area (Å²) < 4.78 is 0. The Balaban J connectivity index is 2.12. The van der Waals surface area contributed by atoms with Gasteiger partial charge in [-0.05, 0) is 49.4 Å². The van der Waals surface area contributed by atoms with Crippen molar-refractivity contribution in [2.45, 2.75) is 26.2 Å². The third-order valence-electron chi connectivity index (χ3n) is 2.95. The molecule has 1 atom stereocenters. The molecule has 1 aromatic rings. The average molecular weight is 214 g/mol. The van der Waals surface area contributed by atoms with Crippen LogP contribution in [-0.2, 0) is 17.6 Å². The maximum absolute atomic E-state index is 11.5. The molecule has 1 amide bonds. The van der Waals surface area contributed by atoms with E-state index in [-0.39, 0.29) is 5.91 Å². The lowest BCUT2D eigenvalue weighted by Crippen LogP contribution is -2.18. The van der Waals surface area contributed by atoms with E-state index in [0.29, 0.717) is 0 Å². The van der Waals surface area contributed by atoms with Crippen molar-refractivity contribution in [3.8, 4) is 6.07 Å². The van der Waals surface area contributed by atoms with Gasteiger partial charge in [0.1, 0.15) is 5.92 Å². The molecule has 0 heterocycles. The lowest BCUT2D eigenvalue weighted by molar-refractivity contribution is -0.117. The van der Waals surface area contributed by atoms with Crippen molar-refractivity contribution >= 4 is 11.6 Å². The smallest absolute Gasteiger partial charge is 0.241 e. The molecule has 1 unspecified atom stereocenters. The fourth-order valence-electron chi connectivity index (χ4n) is 1.96. The van der Waals surface area contributed by atoms with Gasteiger partial charge in [-0.15, -0.1) is 0 Å². The number of rotatable bonds is 2. The van der Waals surface area contributed by atoms with Crippen molar-refractivity contribution in [1.29, 1.82) is 5.26 Å². The van der Waals surface area contributed by atoms with Crippen LogP contribution in [0.4, 0.5) is 5.69 Å². The first kappa shape index (κ1) is 10.7. The van der Waals surface area contributed by atoms with Gasteiger partial charge in [0.15, 0.2) is 0 Å². The average Bonchev–Trinajstić information content (AvgIpc) is 2.75. The third-order valence-corrected chi connectivity index (χ3v) is 2.95. The summed E-state index contributed by atoms with van der Waals surface area (Å²) in [6.07, 6.45) is 3.42. The second kappa shape index (κ2) is 4.36. The fraction of sp³-hybridized carbons (Fsp3) is 0.385. The number of fused-ring (bicyclic) bond motifs is 1. The molecule has 1 aliphatic rings. The van der Waals surface area contributed by atoms with E-state index < -0.39 is 5.92 Å². The summed E-state index contributed by atoms with van der Waals surface area (Å²) in [6, 6.07) is 7.92. The summed E-state index contributed by atoms with van der Waals surface area (Å²) in [5.74, 6) is -0.839. The van der Waals surface area contributed by atoms with E-state index in [1.807, 2.05) is 18.2 Å². The zero-order chi connectivity index (χ0) is 11.5. The first-order valence-electron chi connectivity index (χ1n) is 5.53. The monoisotopic (exact) mass is 214 g/mol. The van der Waals surface area contributed by atoms with Gasteiger partial charge in [0, 0.05) is 5.69 Å². The standard InChI is InChI=1S/C13H14N2O/c1-9(8-14)13(16)15-12-6-5-10-3-2-4-11(10)7-12/h5-7,9H,2-4H2,1H3,(H,15,16). The molecule has 3 nitrogen and oxygen atoms in total. The van der Waals surface area contributed by atoms with Gasteiger partial charge in [0.25, 0.3) is 0 Å². The van der Waals surface area contributed by atoms with E-state index in [0.717, 1.165) is 18.5 Å². The SMILES string of the molecule is CC(C#N)C(=O)Nc1ccc2c(c1)CCC2. The lowest BCUT2D eigenvalue weighted by atomic mass is 10.1. The highest BCUT2D eigenvalue weighted by Crippen LogP contribution is 2.25. The Kier molecular flexibility index (Phi) is 2.91. The lowest BCUT2D eigenvalue weighted by Gasteiger charge is -2.08. The number of anilines is 1. The van der Waals surface area contributed by atoms with E-state index in [2.05, 4.69) is 11.4 Å². The topological polar surface area (TPSA) is 52.9 Å². The predicted octanol–water partition coefficient (Wildman–Crippen LogP) is 2.27. The molecular formula is C13H14N2O. The maximum Gasteiger partial charge on any atom is 0.241 e. The van der Waals surface area contributed by atoms with E-state index in [4.69, 9.17) is 5.26 Å². The van der Waals surface area contributed by atoms with Crippen LogP contribution >= 0.6 is 0 Å². The first-order valence-corrected chi connectivity index (χ1v) is 5.53. The molecule has 0 bridgehead atoms. The number of carbonyl (C=O) groups is 1. The van der Waals surface area contributed by atoms with Gasteiger partial charge in [-0.1, -0.05) is 6.07 Å². The molecule has 82 valence electrons. The normalized spacial score (nSPS) is 15.0. The van der Waals surface area contributed by atoms with Gasteiger partial charge in [-0.2, -0.15) is 5.26 Å². The number of carbonyl (C=O) groups excluding carboxylic acids is 1. The van der Waals surface area contributed by atoms with Crippen LogP contribution in [-0.4, -0.2) is 5.91 Å². The quantitative estimate of drug-likeness (QED) is 0.821. The van der Waals surface area contributed by atoms with Crippen LogP contribution in [0.1, 0.15) is 24.5 Å². The Hall–Kier alpha value is -1.82. The molecule has 0 aromatic heterocycles. The summed E-state index contributed by atoms with van der Waals surface area (Å²) in [6.45, 7) is 1.60. The van der Waals surface area contributed by atoms with E-state index in [9.17, 15) is 4.79 Å².